The van der Waals surface area contributed by atoms with Gasteiger partial charge in [0, 0.05) is 0 Å². The van der Waals surface area contributed by atoms with E-state index in [1.54, 1.807) is 0 Å². The Morgan fingerprint density at radius 3 is 1.44 bits per heavy atom. The van der Waals surface area contributed by atoms with Crippen LogP contribution in [0.5, 0.6) is 0 Å². The Kier molecular flexibility index (Phi) is 9.09. The molecular weight excluding hydrogens is 400 g/mol. The zero-order chi connectivity index (χ0) is 23.4. The largest absolute Gasteiger partial charge is 0.461 e. The van der Waals surface area contributed by atoms with Gasteiger partial charge in [0.25, 0.3) is 0 Å². The third-order valence-corrected chi connectivity index (χ3v) is 8.84. The lowest BCUT2D eigenvalue weighted by molar-refractivity contribution is -0.178. The molecule has 0 spiro atoms. The van der Waals surface area contributed by atoms with Gasteiger partial charge in [0.05, 0.1) is 0 Å². The molecule has 184 valence electrons. The second-order valence-electron chi connectivity index (χ2n) is 12.1. The molecule has 4 heteroatoms. The Hall–Kier alpha value is -1.06. The Labute approximate surface area is 196 Å². The predicted octanol–water partition coefficient (Wildman–Crippen LogP) is 6.80. The summed E-state index contributed by atoms with van der Waals surface area (Å²) >= 11 is 0. The van der Waals surface area contributed by atoms with E-state index in [9.17, 15) is 9.59 Å². The quantitative estimate of drug-likeness (QED) is 0.317. The van der Waals surface area contributed by atoms with Crippen LogP contribution >= 0.6 is 0 Å². The number of hydrogen-bond donors (Lipinski definition) is 0. The normalized spacial score (nSPS) is 35.1. The van der Waals surface area contributed by atoms with Crippen LogP contribution in [0.25, 0.3) is 0 Å². The molecule has 0 saturated heterocycles. The second kappa shape index (κ2) is 11.4. The van der Waals surface area contributed by atoms with Crippen molar-refractivity contribution in [3.05, 3.63) is 0 Å². The van der Waals surface area contributed by atoms with Crippen LogP contribution in [0.15, 0.2) is 0 Å². The van der Waals surface area contributed by atoms with Crippen LogP contribution in [0.3, 0.4) is 0 Å². The average Bonchev–Trinajstić information content (AvgIpc) is 3.21. The van der Waals surface area contributed by atoms with E-state index < -0.39 is 5.92 Å². The van der Waals surface area contributed by atoms with Crippen molar-refractivity contribution in [2.24, 2.45) is 47.3 Å². The molecule has 0 aromatic carbocycles. The van der Waals surface area contributed by atoms with E-state index in [0.29, 0.717) is 35.5 Å². The number of carbonyl (C=O) groups excluding carboxylic acids is 2. The molecule has 32 heavy (non-hydrogen) atoms. The van der Waals surface area contributed by atoms with Gasteiger partial charge in [-0.25, -0.2) is 0 Å². The maximum Gasteiger partial charge on any atom is 0.320 e. The lowest BCUT2D eigenvalue weighted by Gasteiger charge is -2.39. The van der Waals surface area contributed by atoms with Crippen molar-refractivity contribution in [2.75, 3.05) is 0 Å². The molecule has 0 N–H and O–H groups in total. The van der Waals surface area contributed by atoms with Crippen molar-refractivity contribution in [1.29, 1.82) is 0 Å². The highest BCUT2D eigenvalue weighted by Gasteiger charge is 2.44. The Morgan fingerprint density at radius 1 is 0.656 bits per heavy atom. The first kappa shape index (κ1) is 25.6. The molecule has 0 amide bonds. The van der Waals surface area contributed by atoms with Crippen molar-refractivity contribution >= 4 is 11.9 Å². The lowest BCUT2D eigenvalue weighted by Crippen LogP contribution is -2.43. The van der Waals surface area contributed by atoms with Crippen LogP contribution in [-0.4, -0.2) is 24.1 Å². The summed E-state index contributed by atoms with van der Waals surface area (Å²) in [6, 6.07) is 0. The molecule has 6 unspecified atom stereocenters. The summed E-state index contributed by atoms with van der Waals surface area (Å²) in [5.74, 6) is 1.58. The zero-order valence-corrected chi connectivity index (χ0v) is 21.5. The first-order valence-electron chi connectivity index (χ1n) is 13.6. The van der Waals surface area contributed by atoms with Crippen molar-refractivity contribution in [3.8, 4) is 0 Å². The minimum atomic E-state index is -0.743. The molecule has 0 heterocycles. The molecule has 4 nitrogen and oxygen atoms in total. The van der Waals surface area contributed by atoms with Gasteiger partial charge in [-0.05, 0) is 80.0 Å². The van der Waals surface area contributed by atoms with Gasteiger partial charge in [-0.15, -0.1) is 0 Å². The van der Waals surface area contributed by atoms with E-state index >= 15 is 0 Å². The molecule has 3 rings (SSSR count). The number of ether oxygens (including phenoxy) is 2. The van der Waals surface area contributed by atoms with Gasteiger partial charge < -0.3 is 9.47 Å². The van der Waals surface area contributed by atoms with E-state index in [0.717, 1.165) is 51.4 Å². The maximum atomic E-state index is 13.5. The van der Waals surface area contributed by atoms with Crippen LogP contribution in [-0.2, 0) is 19.1 Å². The number of esters is 2. The van der Waals surface area contributed by atoms with Gasteiger partial charge in [-0.3, -0.25) is 9.59 Å². The molecule has 0 bridgehead atoms. The molecule has 0 radical (unpaired) electrons. The summed E-state index contributed by atoms with van der Waals surface area (Å²) in [7, 11) is 0. The fourth-order valence-corrected chi connectivity index (χ4v) is 6.72. The first-order valence-corrected chi connectivity index (χ1v) is 13.6. The van der Waals surface area contributed by atoms with Crippen molar-refractivity contribution < 1.29 is 19.1 Å². The summed E-state index contributed by atoms with van der Waals surface area (Å²) in [6.07, 6.45) is 10.3. The van der Waals surface area contributed by atoms with E-state index in [2.05, 4.69) is 41.5 Å². The fraction of sp³-hybridized carbons (Fsp3) is 0.929. The van der Waals surface area contributed by atoms with Crippen molar-refractivity contribution in [2.45, 2.75) is 118 Å². The molecule has 3 fully saturated rings. The van der Waals surface area contributed by atoms with E-state index in [1.807, 2.05) is 0 Å². The standard InChI is InChI=1S/C28H48O4/c1-17(2)22-13-11-19(5)15-24(22)31-27(29)26(21-9-7-8-10-21)28(30)32-25-16-20(6)12-14-23(25)18(3)4/h17-26H,7-16H2,1-6H3. The van der Waals surface area contributed by atoms with Crippen LogP contribution in [0.4, 0.5) is 0 Å². The highest BCUT2D eigenvalue weighted by Crippen LogP contribution is 2.40. The highest BCUT2D eigenvalue weighted by atomic mass is 16.6. The molecule has 0 aromatic rings. The molecular formula is C28H48O4. The number of hydrogen-bond acceptors (Lipinski definition) is 4. The molecule has 0 aromatic heterocycles. The SMILES string of the molecule is CC1CCC(C(C)C)C(OC(=O)C(C(=O)OC2CC(C)CCC2C(C)C)C2CCCC2)C1. The molecule has 6 atom stereocenters. The minimum absolute atomic E-state index is 0.0685. The predicted molar refractivity (Wildman–Crippen MR) is 128 cm³/mol. The zero-order valence-electron chi connectivity index (χ0n) is 21.5. The van der Waals surface area contributed by atoms with Crippen LogP contribution in [0.1, 0.15) is 106 Å². The van der Waals surface area contributed by atoms with Crippen molar-refractivity contribution in [3.63, 3.8) is 0 Å². The maximum absolute atomic E-state index is 13.5. The Morgan fingerprint density at radius 2 is 1.06 bits per heavy atom. The summed E-state index contributed by atoms with van der Waals surface area (Å²) in [6.45, 7) is 13.4. The van der Waals surface area contributed by atoms with Crippen molar-refractivity contribution in [1.82, 2.24) is 0 Å². The molecule has 3 saturated carbocycles. The van der Waals surface area contributed by atoms with Crippen LogP contribution in [0, 0.1) is 47.3 Å². The lowest BCUT2D eigenvalue weighted by atomic mass is 9.75. The third kappa shape index (κ3) is 6.29. The summed E-state index contributed by atoms with van der Waals surface area (Å²) < 4.78 is 12.4. The van der Waals surface area contributed by atoms with Gasteiger partial charge in [-0.2, -0.15) is 0 Å². The second-order valence-corrected chi connectivity index (χ2v) is 12.1. The monoisotopic (exact) mass is 448 g/mol. The van der Waals surface area contributed by atoms with Crippen LogP contribution < -0.4 is 0 Å². The van der Waals surface area contributed by atoms with E-state index in [-0.39, 0.29) is 30.1 Å². The van der Waals surface area contributed by atoms with E-state index in [1.165, 1.54) is 12.8 Å². The van der Waals surface area contributed by atoms with Gasteiger partial charge in [0.2, 0.25) is 0 Å². The Balaban J connectivity index is 1.73. The van der Waals surface area contributed by atoms with Gasteiger partial charge >= 0.3 is 11.9 Å². The van der Waals surface area contributed by atoms with Crippen LogP contribution in [0.2, 0.25) is 0 Å². The van der Waals surface area contributed by atoms with Gasteiger partial charge in [0.1, 0.15) is 12.2 Å². The summed E-state index contributed by atoms with van der Waals surface area (Å²) in [4.78, 5) is 27.0. The number of carbonyl (C=O) groups is 2. The summed E-state index contributed by atoms with van der Waals surface area (Å²) in [5.41, 5.74) is 0. The molecule has 3 aliphatic rings. The molecule has 0 aliphatic heterocycles. The fourth-order valence-electron chi connectivity index (χ4n) is 6.72. The smallest absolute Gasteiger partial charge is 0.320 e. The minimum Gasteiger partial charge on any atom is -0.461 e. The topological polar surface area (TPSA) is 52.6 Å². The van der Waals surface area contributed by atoms with E-state index in [4.69, 9.17) is 9.47 Å². The average molecular weight is 449 g/mol. The molecule has 3 aliphatic carbocycles. The number of rotatable bonds is 7. The third-order valence-electron chi connectivity index (χ3n) is 8.84. The highest BCUT2D eigenvalue weighted by molar-refractivity contribution is 5.95. The first-order chi connectivity index (χ1) is 15.2. The Bertz CT molecular complexity index is 575. The summed E-state index contributed by atoms with van der Waals surface area (Å²) in [5, 5.41) is 0. The van der Waals surface area contributed by atoms with Gasteiger partial charge in [-0.1, -0.05) is 67.2 Å². The van der Waals surface area contributed by atoms with Gasteiger partial charge in [0.15, 0.2) is 5.92 Å².